The predicted octanol–water partition coefficient (Wildman–Crippen LogP) is 3.25. The second-order valence-electron chi connectivity index (χ2n) is 6.40. The molecule has 1 aromatic rings. The van der Waals surface area contributed by atoms with Crippen LogP contribution in [0.3, 0.4) is 0 Å². The van der Waals surface area contributed by atoms with E-state index in [0.717, 1.165) is 31.1 Å². The first-order valence-corrected chi connectivity index (χ1v) is 8.11. The monoisotopic (exact) mass is 305 g/mol. The predicted molar refractivity (Wildman–Crippen MR) is 87.9 cm³/mol. The molecule has 1 aliphatic rings. The minimum Gasteiger partial charge on any atom is -0.493 e. The molecule has 0 N–H and O–H groups in total. The maximum Gasteiger partial charge on any atom is 0.171 e. The number of methoxy groups -OCH3 is 1. The number of para-hydroxylation sites is 1. The van der Waals surface area contributed by atoms with Crippen LogP contribution in [0.4, 0.5) is 0 Å². The second kappa shape index (κ2) is 8.18. The summed E-state index contributed by atoms with van der Waals surface area (Å²) in [6, 6.07) is 5.36. The van der Waals surface area contributed by atoms with E-state index >= 15 is 0 Å². The van der Waals surface area contributed by atoms with Crippen molar-refractivity contribution in [3.63, 3.8) is 0 Å². The molecule has 0 bridgehead atoms. The van der Waals surface area contributed by atoms with Gasteiger partial charge >= 0.3 is 0 Å². The molecule has 0 saturated carbocycles. The SMILES string of the molecule is COc1cccc(C=O)c1OCCCN1CC(C)CC(C)C1. The van der Waals surface area contributed by atoms with Gasteiger partial charge in [0.25, 0.3) is 0 Å². The van der Waals surface area contributed by atoms with Gasteiger partial charge in [-0.1, -0.05) is 19.9 Å². The summed E-state index contributed by atoms with van der Waals surface area (Å²) in [5, 5.41) is 0. The fraction of sp³-hybridized carbons (Fsp3) is 0.611. The lowest BCUT2D eigenvalue weighted by atomic mass is 9.92. The fourth-order valence-electron chi connectivity index (χ4n) is 3.38. The number of rotatable bonds is 7. The molecule has 1 aromatic carbocycles. The van der Waals surface area contributed by atoms with Crippen molar-refractivity contribution in [2.24, 2.45) is 11.8 Å². The Morgan fingerprint density at radius 1 is 1.27 bits per heavy atom. The standard InChI is InChI=1S/C18H27NO3/c1-14-10-15(2)12-19(11-14)8-5-9-22-18-16(13-20)6-4-7-17(18)21-3/h4,6-7,13-15H,5,8-12H2,1-3H3. The summed E-state index contributed by atoms with van der Waals surface area (Å²) < 4.78 is 11.1. The van der Waals surface area contributed by atoms with Gasteiger partial charge in [0, 0.05) is 19.6 Å². The number of hydrogen-bond donors (Lipinski definition) is 0. The Kier molecular flexibility index (Phi) is 6.25. The summed E-state index contributed by atoms with van der Waals surface area (Å²) in [5.74, 6) is 2.73. The van der Waals surface area contributed by atoms with E-state index in [9.17, 15) is 4.79 Å². The lowest BCUT2D eigenvalue weighted by molar-refractivity contribution is 0.111. The molecule has 2 rings (SSSR count). The summed E-state index contributed by atoms with van der Waals surface area (Å²) in [6.45, 7) is 8.65. The van der Waals surface area contributed by atoms with Crippen molar-refractivity contribution in [1.29, 1.82) is 0 Å². The second-order valence-corrected chi connectivity index (χ2v) is 6.40. The molecule has 2 atom stereocenters. The number of likely N-dealkylation sites (tertiary alicyclic amines) is 1. The van der Waals surface area contributed by atoms with Crippen LogP contribution < -0.4 is 9.47 Å². The van der Waals surface area contributed by atoms with E-state index in [4.69, 9.17) is 9.47 Å². The number of nitrogens with zero attached hydrogens (tertiary/aromatic N) is 1. The third kappa shape index (κ3) is 4.47. The van der Waals surface area contributed by atoms with E-state index in [-0.39, 0.29) is 0 Å². The van der Waals surface area contributed by atoms with Gasteiger partial charge in [-0.2, -0.15) is 0 Å². The van der Waals surface area contributed by atoms with E-state index < -0.39 is 0 Å². The highest BCUT2D eigenvalue weighted by Crippen LogP contribution is 2.30. The summed E-state index contributed by atoms with van der Waals surface area (Å²) in [6.07, 6.45) is 3.10. The maximum absolute atomic E-state index is 11.1. The van der Waals surface area contributed by atoms with Gasteiger partial charge in [0.05, 0.1) is 19.3 Å². The summed E-state index contributed by atoms with van der Waals surface area (Å²) in [4.78, 5) is 13.6. The van der Waals surface area contributed by atoms with Gasteiger partial charge in [0.2, 0.25) is 0 Å². The Morgan fingerprint density at radius 3 is 2.64 bits per heavy atom. The largest absolute Gasteiger partial charge is 0.493 e. The van der Waals surface area contributed by atoms with Crippen molar-refractivity contribution in [2.75, 3.05) is 33.4 Å². The maximum atomic E-state index is 11.1. The van der Waals surface area contributed by atoms with Crippen molar-refractivity contribution in [3.8, 4) is 11.5 Å². The molecule has 1 aliphatic heterocycles. The highest BCUT2D eigenvalue weighted by Gasteiger charge is 2.21. The number of carbonyl (C=O) groups excluding carboxylic acids is 1. The average molecular weight is 305 g/mol. The van der Waals surface area contributed by atoms with Gasteiger partial charge in [0.15, 0.2) is 17.8 Å². The van der Waals surface area contributed by atoms with Gasteiger partial charge in [-0.25, -0.2) is 0 Å². The lowest BCUT2D eigenvalue weighted by Gasteiger charge is -2.34. The molecule has 0 aromatic heterocycles. The quantitative estimate of drug-likeness (QED) is 0.572. The average Bonchev–Trinajstić information content (AvgIpc) is 2.50. The smallest absolute Gasteiger partial charge is 0.171 e. The van der Waals surface area contributed by atoms with Crippen LogP contribution in [-0.4, -0.2) is 44.5 Å². The number of aldehydes is 1. The Bertz CT molecular complexity index is 479. The van der Waals surface area contributed by atoms with Crippen LogP contribution in [0.1, 0.15) is 37.0 Å². The van der Waals surface area contributed by atoms with Crippen LogP contribution in [0.5, 0.6) is 11.5 Å². The van der Waals surface area contributed by atoms with Crippen LogP contribution in [0.2, 0.25) is 0 Å². The van der Waals surface area contributed by atoms with Gasteiger partial charge in [-0.3, -0.25) is 4.79 Å². The van der Waals surface area contributed by atoms with Crippen LogP contribution in [0.25, 0.3) is 0 Å². The Balaban J connectivity index is 1.83. The highest BCUT2D eigenvalue weighted by molar-refractivity contribution is 5.81. The molecule has 1 heterocycles. The van der Waals surface area contributed by atoms with Crippen molar-refractivity contribution in [2.45, 2.75) is 26.7 Å². The summed E-state index contributed by atoms with van der Waals surface area (Å²) in [5.41, 5.74) is 0.541. The van der Waals surface area contributed by atoms with E-state index in [2.05, 4.69) is 18.7 Å². The highest BCUT2D eigenvalue weighted by atomic mass is 16.5. The molecule has 4 heteroatoms. The molecule has 2 unspecified atom stereocenters. The zero-order valence-electron chi connectivity index (χ0n) is 13.9. The number of benzene rings is 1. The summed E-state index contributed by atoms with van der Waals surface area (Å²) in [7, 11) is 1.59. The number of piperidine rings is 1. The molecule has 122 valence electrons. The first-order chi connectivity index (χ1) is 10.6. The molecule has 1 fully saturated rings. The zero-order valence-corrected chi connectivity index (χ0v) is 13.9. The molecule has 22 heavy (non-hydrogen) atoms. The summed E-state index contributed by atoms with van der Waals surface area (Å²) >= 11 is 0. The molecule has 0 amide bonds. The van der Waals surface area contributed by atoms with E-state index in [1.807, 2.05) is 6.07 Å². The molecule has 0 spiro atoms. The first kappa shape index (κ1) is 16.8. The first-order valence-electron chi connectivity index (χ1n) is 8.11. The van der Waals surface area contributed by atoms with E-state index in [0.29, 0.717) is 23.7 Å². The van der Waals surface area contributed by atoms with Crippen molar-refractivity contribution < 1.29 is 14.3 Å². The van der Waals surface area contributed by atoms with E-state index in [1.54, 1.807) is 19.2 Å². The fourth-order valence-corrected chi connectivity index (χ4v) is 3.38. The third-order valence-electron chi connectivity index (χ3n) is 4.17. The van der Waals surface area contributed by atoms with Gasteiger partial charge in [0.1, 0.15) is 0 Å². The number of carbonyl (C=O) groups is 1. The van der Waals surface area contributed by atoms with Gasteiger partial charge < -0.3 is 14.4 Å². The molecule has 0 aliphatic carbocycles. The van der Waals surface area contributed by atoms with Gasteiger partial charge in [-0.15, -0.1) is 0 Å². The van der Waals surface area contributed by atoms with Crippen LogP contribution in [-0.2, 0) is 0 Å². The third-order valence-corrected chi connectivity index (χ3v) is 4.17. The number of hydrogen-bond acceptors (Lipinski definition) is 4. The van der Waals surface area contributed by atoms with Crippen LogP contribution in [0.15, 0.2) is 18.2 Å². The van der Waals surface area contributed by atoms with Crippen LogP contribution >= 0.6 is 0 Å². The van der Waals surface area contributed by atoms with Crippen molar-refractivity contribution in [1.82, 2.24) is 4.90 Å². The lowest BCUT2D eigenvalue weighted by Crippen LogP contribution is -2.39. The molecule has 4 nitrogen and oxygen atoms in total. The topological polar surface area (TPSA) is 38.8 Å². The van der Waals surface area contributed by atoms with Crippen molar-refractivity contribution >= 4 is 6.29 Å². The molecular weight excluding hydrogens is 278 g/mol. The Hall–Kier alpha value is -1.55. The Labute approximate surface area is 133 Å². The van der Waals surface area contributed by atoms with Crippen LogP contribution in [0, 0.1) is 11.8 Å². The van der Waals surface area contributed by atoms with Crippen molar-refractivity contribution in [3.05, 3.63) is 23.8 Å². The number of ether oxygens (including phenoxy) is 2. The zero-order chi connectivity index (χ0) is 15.9. The van der Waals surface area contributed by atoms with E-state index in [1.165, 1.54) is 19.5 Å². The minimum absolute atomic E-state index is 0.541. The Morgan fingerprint density at radius 2 is 2.00 bits per heavy atom. The normalized spacial score (nSPS) is 22.3. The molecular formula is C18H27NO3. The van der Waals surface area contributed by atoms with Gasteiger partial charge in [-0.05, 0) is 36.8 Å². The molecule has 0 radical (unpaired) electrons. The minimum atomic E-state index is 0.541. The molecule has 1 saturated heterocycles.